The summed E-state index contributed by atoms with van der Waals surface area (Å²) in [6, 6.07) is 17.6. The van der Waals surface area contributed by atoms with Gasteiger partial charge < -0.3 is 5.32 Å². The Morgan fingerprint density at radius 2 is 1.78 bits per heavy atom. The number of imidazole rings is 1. The topological polar surface area (TPSA) is 131 Å². The van der Waals surface area contributed by atoms with Crippen LogP contribution in [-0.2, 0) is 46.2 Å². The second-order valence-corrected chi connectivity index (χ2v) is 12.4. The van der Waals surface area contributed by atoms with E-state index >= 15 is 0 Å². The number of halogens is 4. The number of nitrogens with one attached hydrogen (secondary N) is 3. The molecule has 2 aromatic heterocycles. The molecule has 15 heteroatoms. The molecule has 0 bridgehead atoms. The molecule has 2 heterocycles. The molecule has 0 radical (unpaired) electrons. The molecule has 0 unspecified atom stereocenters. The smallest absolute Gasteiger partial charge is 0.324 e. The van der Waals surface area contributed by atoms with Crippen molar-refractivity contribution in [1.82, 2.24) is 24.8 Å². The van der Waals surface area contributed by atoms with Crippen molar-refractivity contribution in [1.29, 1.82) is 0 Å². The Kier molecular flexibility index (Phi) is 9.11. The fourth-order valence-electron chi connectivity index (χ4n) is 4.58. The summed E-state index contributed by atoms with van der Waals surface area (Å²) in [6.07, 6.45) is -2.57. The lowest BCUT2D eigenvalue weighted by Gasteiger charge is -2.13. The molecule has 0 aliphatic heterocycles. The van der Waals surface area contributed by atoms with Crippen molar-refractivity contribution in [2.45, 2.75) is 31.6 Å². The van der Waals surface area contributed by atoms with Gasteiger partial charge in [-0.15, -0.1) is 0 Å². The Morgan fingerprint density at radius 1 is 0.978 bits per heavy atom. The first-order chi connectivity index (χ1) is 21.3. The number of sulfone groups is 1. The number of benzene rings is 3. The molecule has 10 nitrogen and oxygen atoms in total. The van der Waals surface area contributed by atoms with Gasteiger partial charge in [0, 0.05) is 24.7 Å². The predicted octanol–water partition coefficient (Wildman–Crippen LogP) is 5.20. The summed E-state index contributed by atoms with van der Waals surface area (Å²) < 4.78 is 78.5. The standard InChI is InChI=1S/C30H27F4N7O3S/c1-45(43,44)17-19-5-4-6-22(13-19)37-28-36-12-11-23(38-28)16-35-18-41-26-8-3-2-7-25(26)39-29(41)40-27(42)15-20-14-21(30(32,33)34)9-10-24(20)31/h2-14,35H,15-18H2,1H3,(H,36,37,38)(H,39,40,42). The molecule has 45 heavy (non-hydrogen) atoms. The van der Waals surface area contributed by atoms with Crippen LogP contribution in [0.3, 0.4) is 0 Å². The maximum atomic E-state index is 14.2. The highest BCUT2D eigenvalue weighted by Crippen LogP contribution is 2.30. The SMILES string of the molecule is CS(=O)(=O)Cc1cccc(Nc2nccc(CNCn3c(NC(=O)Cc4cc(C(F)(F)F)ccc4F)nc4ccccc43)n2)c1. The van der Waals surface area contributed by atoms with Gasteiger partial charge in [-0.05, 0) is 59.7 Å². The van der Waals surface area contributed by atoms with Gasteiger partial charge in [-0.1, -0.05) is 24.3 Å². The number of carbonyl (C=O) groups excluding carboxylic acids is 1. The number of aromatic nitrogens is 4. The van der Waals surface area contributed by atoms with Crippen molar-refractivity contribution in [2.75, 3.05) is 16.9 Å². The number of rotatable bonds is 11. The van der Waals surface area contributed by atoms with Crippen molar-refractivity contribution in [3.05, 3.63) is 107 Å². The first-order valence-corrected chi connectivity index (χ1v) is 15.6. The van der Waals surface area contributed by atoms with Crippen LogP contribution in [0, 0.1) is 5.82 Å². The number of fused-ring (bicyclic) bond motifs is 1. The highest BCUT2D eigenvalue weighted by atomic mass is 32.2. The number of alkyl halides is 3. The van der Waals surface area contributed by atoms with E-state index in [4.69, 9.17) is 0 Å². The number of anilines is 3. The monoisotopic (exact) mass is 641 g/mol. The third-order valence-corrected chi connectivity index (χ3v) is 7.39. The normalized spacial score (nSPS) is 11.9. The quantitative estimate of drug-likeness (QED) is 0.168. The summed E-state index contributed by atoms with van der Waals surface area (Å²) in [6.45, 7) is 0.439. The van der Waals surface area contributed by atoms with Gasteiger partial charge in [0.1, 0.15) is 5.82 Å². The van der Waals surface area contributed by atoms with E-state index in [0.717, 1.165) is 6.26 Å². The number of para-hydroxylation sites is 2. The first kappa shape index (κ1) is 31.5. The highest BCUT2D eigenvalue weighted by Gasteiger charge is 2.31. The zero-order chi connectivity index (χ0) is 32.2. The van der Waals surface area contributed by atoms with Crippen LogP contribution in [0.4, 0.5) is 35.1 Å². The minimum Gasteiger partial charge on any atom is -0.324 e. The second kappa shape index (κ2) is 13.0. The van der Waals surface area contributed by atoms with E-state index < -0.39 is 45.3 Å². The largest absolute Gasteiger partial charge is 0.416 e. The van der Waals surface area contributed by atoms with Gasteiger partial charge in [-0.2, -0.15) is 13.2 Å². The Balaban J connectivity index is 1.26. The van der Waals surface area contributed by atoms with Gasteiger partial charge in [-0.25, -0.2) is 27.8 Å². The fraction of sp³-hybridized carbons (Fsp3) is 0.200. The molecular formula is C30H27F4N7O3S. The second-order valence-electron chi connectivity index (χ2n) is 10.2. The van der Waals surface area contributed by atoms with Crippen LogP contribution in [0.5, 0.6) is 0 Å². The maximum Gasteiger partial charge on any atom is 0.416 e. The van der Waals surface area contributed by atoms with E-state index in [1.54, 1.807) is 65.4 Å². The van der Waals surface area contributed by atoms with E-state index in [9.17, 15) is 30.8 Å². The zero-order valence-electron chi connectivity index (χ0n) is 23.8. The Bertz CT molecular complexity index is 1960. The molecule has 0 spiro atoms. The summed E-state index contributed by atoms with van der Waals surface area (Å²) in [5, 5.41) is 8.88. The summed E-state index contributed by atoms with van der Waals surface area (Å²) in [4.78, 5) is 26.0. The number of nitrogens with zero attached hydrogens (tertiary/aromatic N) is 4. The third-order valence-electron chi connectivity index (χ3n) is 6.53. The van der Waals surface area contributed by atoms with E-state index in [0.29, 0.717) is 52.1 Å². The molecule has 3 aromatic carbocycles. The lowest BCUT2D eigenvalue weighted by molar-refractivity contribution is -0.137. The molecule has 0 saturated heterocycles. The lowest BCUT2D eigenvalue weighted by Crippen LogP contribution is -2.23. The van der Waals surface area contributed by atoms with Crippen molar-refractivity contribution < 1.29 is 30.8 Å². The highest BCUT2D eigenvalue weighted by molar-refractivity contribution is 7.89. The molecular weight excluding hydrogens is 614 g/mol. The molecule has 0 aliphatic rings. The van der Waals surface area contributed by atoms with Crippen molar-refractivity contribution in [2.24, 2.45) is 0 Å². The minimum atomic E-state index is -4.68. The Morgan fingerprint density at radius 3 is 2.56 bits per heavy atom. The average Bonchev–Trinajstić information content (AvgIpc) is 3.30. The fourth-order valence-corrected chi connectivity index (χ4v) is 5.37. The van der Waals surface area contributed by atoms with E-state index in [1.807, 2.05) is 0 Å². The van der Waals surface area contributed by atoms with E-state index in [2.05, 4.69) is 30.9 Å². The summed E-state index contributed by atoms with van der Waals surface area (Å²) in [5.41, 5.74) is 1.66. The van der Waals surface area contributed by atoms with Crippen LogP contribution in [0.25, 0.3) is 11.0 Å². The van der Waals surface area contributed by atoms with Crippen LogP contribution >= 0.6 is 0 Å². The number of hydrogen-bond donors (Lipinski definition) is 3. The number of hydrogen-bond acceptors (Lipinski definition) is 8. The van der Waals surface area contributed by atoms with Gasteiger partial charge >= 0.3 is 6.18 Å². The maximum absolute atomic E-state index is 14.2. The molecule has 1 amide bonds. The van der Waals surface area contributed by atoms with Gasteiger partial charge in [0.25, 0.3) is 0 Å². The van der Waals surface area contributed by atoms with Crippen LogP contribution in [0.1, 0.15) is 22.4 Å². The van der Waals surface area contributed by atoms with Gasteiger partial charge in [0.15, 0.2) is 9.84 Å². The van der Waals surface area contributed by atoms with Crippen LogP contribution in [-0.4, -0.2) is 40.1 Å². The Labute approximate surface area is 255 Å². The lowest BCUT2D eigenvalue weighted by atomic mass is 10.1. The number of amides is 1. The zero-order valence-corrected chi connectivity index (χ0v) is 24.6. The van der Waals surface area contributed by atoms with Gasteiger partial charge in [0.05, 0.1) is 41.1 Å². The van der Waals surface area contributed by atoms with Crippen molar-refractivity contribution in [3.8, 4) is 0 Å². The molecule has 5 rings (SSSR count). The Hall–Kier alpha value is -4.89. The minimum absolute atomic E-state index is 0.0964. The molecule has 0 fully saturated rings. The summed E-state index contributed by atoms with van der Waals surface area (Å²) in [5.74, 6) is -1.33. The summed E-state index contributed by atoms with van der Waals surface area (Å²) in [7, 11) is -3.20. The molecule has 0 saturated carbocycles. The molecule has 234 valence electrons. The molecule has 0 aliphatic carbocycles. The first-order valence-electron chi connectivity index (χ1n) is 13.5. The van der Waals surface area contributed by atoms with Crippen LogP contribution < -0.4 is 16.0 Å². The van der Waals surface area contributed by atoms with E-state index in [-0.39, 0.29) is 24.9 Å². The van der Waals surface area contributed by atoms with Crippen molar-refractivity contribution in [3.63, 3.8) is 0 Å². The van der Waals surface area contributed by atoms with Gasteiger partial charge in [0.2, 0.25) is 17.8 Å². The summed E-state index contributed by atoms with van der Waals surface area (Å²) >= 11 is 0. The molecule has 5 aromatic rings. The van der Waals surface area contributed by atoms with Crippen LogP contribution in [0.2, 0.25) is 0 Å². The van der Waals surface area contributed by atoms with Crippen LogP contribution in [0.15, 0.2) is 79.0 Å². The predicted molar refractivity (Wildman–Crippen MR) is 161 cm³/mol. The molecule has 0 atom stereocenters. The molecule has 3 N–H and O–H groups in total. The number of carbonyl (C=O) groups is 1. The third kappa shape index (κ3) is 8.39. The van der Waals surface area contributed by atoms with E-state index in [1.165, 1.54) is 0 Å². The van der Waals surface area contributed by atoms with Gasteiger partial charge in [-0.3, -0.25) is 20.0 Å². The average molecular weight is 642 g/mol. The van der Waals surface area contributed by atoms with Crippen molar-refractivity contribution >= 4 is 44.4 Å².